The highest BCUT2D eigenvalue weighted by Crippen LogP contribution is 2.24. The molecule has 0 atom stereocenters. The van der Waals surface area contributed by atoms with Gasteiger partial charge < -0.3 is 20.2 Å². The molecule has 0 aliphatic heterocycles. The Kier molecular flexibility index (Phi) is 4.97. The van der Waals surface area contributed by atoms with E-state index in [1.807, 2.05) is 13.8 Å². The molecule has 2 aromatic rings. The van der Waals surface area contributed by atoms with Gasteiger partial charge in [0.05, 0.1) is 12.3 Å². The SMILES string of the molecule is CCN=C([O-])c1ccc(-n2nnc(C(=O)NC3CC3)c2OCC)cc1. The van der Waals surface area contributed by atoms with Crippen LogP contribution < -0.4 is 15.2 Å². The van der Waals surface area contributed by atoms with E-state index in [0.717, 1.165) is 12.8 Å². The van der Waals surface area contributed by atoms with Gasteiger partial charge in [-0.2, -0.15) is 4.68 Å². The minimum atomic E-state index is -0.286. The van der Waals surface area contributed by atoms with Gasteiger partial charge in [-0.05, 0) is 50.3 Å². The molecule has 0 spiro atoms. The average Bonchev–Trinajstić information content (AvgIpc) is 3.32. The molecule has 1 N–H and O–H groups in total. The maximum absolute atomic E-state index is 12.3. The first-order valence-electron chi connectivity index (χ1n) is 8.35. The van der Waals surface area contributed by atoms with Gasteiger partial charge in [-0.25, -0.2) is 0 Å². The third-order valence-electron chi connectivity index (χ3n) is 3.70. The first-order valence-corrected chi connectivity index (χ1v) is 8.35. The van der Waals surface area contributed by atoms with Gasteiger partial charge in [0, 0.05) is 12.6 Å². The number of hydrogen-bond acceptors (Lipinski definition) is 6. The van der Waals surface area contributed by atoms with Crippen molar-refractivity contribution in [3.05, 3.63) is 35.5 Å². The van der Waals surface area contributed by atoms with Gasteiger partial charge in [0.2, 0.25) is 5.69 Å². The Hall–Kier alpha value is -2.90. The van der Waals surface area contributed by atoms with E-state index in [2.05, 4.69) is 20.6 Å². The molecule has 1 fully saturated rings. The Balaban J connectivity index is 1.89. The van der Waals surface area contributed by atoms with Crippen LogP contribution in [0.4, 0.5) is 0 Å². The molecule has 8 nitrogen and oxygen atoms in total. The molecule has 25 heavy (non-hydrogen) atoms. The van der Waals surface area contributed by atoms with Gasteiger partial charge in [0.25, 0.3) is 11.8 Å². The van der Waals surface area contributed by atoms with Gasteiger partial charge in [-0.15, -0.1) is 5.10 Å². The van der Waals surface area contributed by atoms with E-state index < -0.39 is 0 Å². The lowest BCUT2D eigenvalue weighted by Gasteiger charge is -2.12. The van der Waals surface area contributed by atoms with Crippen LogP contribution in [0, 0.1) is 0 Å². The molecule has 0 saturated heterocycles. The molecular weight excluding hydrogens is 322 g/mol. The molecule has 3 rings (SSSR count). The van der Waals surface area contributed by atoms with Crippen molar-refractivity contribution >= 4 is 11.8 Å². The van der Waals surface area contributed by atoms with Crippen LogP contribution >= 0.6 is 0 Å². The standard InChI is InChI=1S/C17H21N5O3/c1-3-18-15(23)11-5-9-13(10-6-11)22-17(25-4-2)14(20-21-22)16(24)19-12-7-8-12/h5-6,9-10,12H,3-4,7-8H2,1-2H3,(H,18,23)(H,19,24)/p-1. The summed E-state index contributed by atoms with van der Waals surface area (Å²) >= 11 is 0. The fraction of sp³-hybridized carbons (Fsp3) is 0.412. The molecule has 0 radical (unpaired) electrons. The Morgan fingerprint density at radius 3 is 2.68 bits per heavy atom. The summed E-state index contributed by atoms with van der Waals surface area (Å²) in [5.74, 6) is -0.258. The Morgan fingerprint density at radius 2 is 2.08 bits per heavy atom. The number of nitrogens with one attached hydrogen (secondary N) is 1. The summed E-state index contributed by atoms with van der Waals surface area (Å²) in [4.78, 5) is 16.1. The van der Waals surface area contributed by atoms with Crippen LogP contribution in [0.1, 0.15) is 42.7 Å². The molecule has 0 unspecified atom stereocenters. The molecular formula is C17H20N5O3-. The predicted octanol–water partition coefficient (Wildman–Crippen LogP) is 0.685. The van der Waals surface area contributed by atoms with Crippen molar-refractivity contribution in [3.8, 4) is 11.6 Å². The lowest BCUT2D eigenvalue weighted by molar-refractivity contribution is -0.213. The third-order valence-corrected chi connectivity index (χ3v) is 3.70. The largest absolute Gasteiger partial charge is 0.858 e. The van der Waals surface area contributed by atoms with Gasteiger partial charge in [-0.3, -0.25) is 4.79 Å². The lowest BCUT2D eigenvalue weighted by atomic mass is 10.2. The summed E-state index contributed by atoms with van der Waals surface area (Å²) in [6.07, 6.45) is 1.98. The number of carbonyl (C=O) groups is 1. The number of carbonyl (C=O) groups excluding carboxylic acids is 1. The molecule has 1 saturated carbocycles. The van der Waals surface area contributed by atoms with Crippen molar-refractivity contribution in [1.82, 2.24) is 20.3 Å². The van der Waals surface area contributed by atoms with Crippen LogP contribution in [-0.2, 0) is 0 Å². The number of aliphatic imine (C=N–C) groups is 1. The van der Waals surface area contributed by atoms with Crippen LogP contribution in [0.15, 0.2) is 29.3 Å². The first kappa shape index (κ1) is 16.9. The van der Waals surface area contributed by atoms with Crippen molar-refractivity contribution in [1.29, 1.82) is 0 Å². The fourth-order valence-corrected chi connectivity index (χ4v) is 2.31. The van der Waals surface area contributed by atoms with Crippen molar-refractivity contribution < 1.29 is 14.6 Å². The summed E-state index contributed by atoms with van der Waals surface area (Å²) in [5.41, 5.74) is 1.31. The van der Waals surface area contributed by atoms with Gasteiger partial charge >= 0.3 is 0 Å². The topological polar surface area (TPSA) is 104 Å². The van der Waals surface area contributed by atoms with Crippen molar-refractivity contribution in [2.75, 3.05) is 13.2 Å². The normalized spacial score (nSPS) is 14.4. The Bertz CT molecular complexity index is 778. The smallest absolute Gasteiger partial charge is 0.277 e. The Labute approximate surface area is 145 Å². The third kappa shape index (κ3) is 3.78. The highest BCUT2D eigenvalue weighted by Gasteiger charge is 2.28. The van der Waals surface area contributed by atoms with E-state index in [1.165, 1.54) is 4.68 Å². The molecule has 1 aromatic heterocycles. The number of ether oxygens (including phenoxy) is 1. The second kappa shape index (κ2) is 7.33. The molecule has 1 aliphatic rings. The van der Waals surface area contributed by atoms with E-state index in [-0.39, 0.29) is 29.4 Å². The number of hydrogen-bond donors (Lipinski definition) is 1. The minimum absolute atomic E-state index is 0.162. The number of aromatic nitrogens is 3. The summed E-state index contributed by atoms with van der Waals surface area (Å²) in [7, 11) is 0. The average molecular weight is 342 g/mol. The Morgan fingerprint density at radius 1 is 1.36 bits per heavy atom. The van der Waals surface area contributed by atoms with E-state index in [0.29, 0.717) is 24.4 Å². The zero-order valence-electron chi connectivity index (χ0n) is 14.2. The van der Waals surface area contributed by atoms with Crippen LogP contribution in [-0.4, -0.2) is 46.0 Å². The van der Waals surface area contributed by atoms with Crippen molar-refractivity contribution in [2.24, 2.45) is 4.99 Å². The van der Waals surface area contributed by atoms with Crippen molar-refractivity contribution in [3.63, 3.8) is 0 Å². The lowest BCUT2D eigenvalue weighted by Crippen LogP contribution is -2.26. The second-order valence-corrected chi connectivity index (χ2v) is 5.66. The summed E-state index contributed by atoms with van der Waals surface area (Å²) in [5, 5.41) is 22.7. The van der Waals surface area contributed by atoms with Gasteiger partial charge in [-0.1, -0.05) is 17.3 Å². The highest BCUT2D eigenvalue weighted by atomic mass is 16.5. The molecule has 132 valence electrons. The number of amides is 1. The first-order chi connectivity index (χ1) is 12.1. The maximum atomic E-state index is 12.3. The summed E-state index contributed by atoms with van der Waals surface area (Å²) in [6, 6.07) is 6.99. The minimum Gasteiger partial charge on any atom is -0.858 e. The molecule has 1 aliphatic carbocycles. The quantitative estimate of drug-likeness (QED) is 0.589. The molecule has 1 aromatic carbocycles. The number of benzene rings is 1. The second-order valence-electron chi connectivity index (χ2n) is 5.66. The number of nitrogens with zero attached hydrogens (tertiary/aromatic N) is 4. The van der Waals surface area contributed by atoms with Crippen LogP contribution in [0.25, 0.3) is 5.69 Å². The van der Waals surface area contributed by atoms with Crippen LogP contribution in [0.5, 0.6) is 5.88 Å². The zero-order valence-corrected chi connectivity index (χ0v) is 14.2. The van der Waals surface area contributed by atoms with Gasteiger partial charge in [0.1, 0.15) is 0 Å². The number of rotatable bonds is 7. The van der Waals surface area contributed by atoms with Crippen LogP contribution in [0.2, 0.25) is 0 Å². The summed E-state index contributed by atoms with van der Waals surface area (Å²) in [6.45, 7) is 4.46. The van der Waals surface area contributed by atoms with E-state index >= 15 is 0 Å². The predicted molar refractivity (Wildman–Crippen MR) is 90.1 cm³/mol. The van der Waals surface area contributed by atoms with E-state index in [4.69, 9.17) is 4.74 Å². The van der Waals surface area contributed by atoms with Crippen LogP contribution in [0.3, 0.4) is 0 Å². The fourth-order valence-electron chi connectivity index (χ4n) is 2.31. The molecule has 1 amide bonds. The van der Waals surface area contributed by atoms with E-state index in [9.17, 15) is 9.90 Å². The molecule has 1 heterocycles. The maximum Gasteiger partial charge on any atom is 0.277 e. The summed E-state index contributed by atoms with van der Waals surface area (Å²) < 4.78 is 7.05. The molecule has 0 bridgehead atoms. The molecule has 8 heteroatoms. The zero-order chi connectivity index (χ0) is 17.8. The van der Waals surface area contributed by atoms with Gasteiger partial charge in [0.15, 0.2) is 0 Å². The highest BCUT2D eigenvalue weighted by molar-refractivity contribution is 5.95. The monoisotopic (exact) mass is 342 g/mol. The van der Waals surface area contributed by atoms with E-state index in [1.54, 1.807) is 24.3 Å². The van der Waals surface area contributed by atoms with Crippen molar-refractivity contribution in [2.45, 2.75) is 32.7 Å².